The molecule has 1 amide bonds. The van der Waals surface area contributed by atoms with E-state index in [1.54, 1.807) is 24.3 Å². The topological polar surface area (TPSA) is 112 Å². The van der Waals surface area contributed by atoms with Crippen LogP contribution in [0.4, 0.5) is 0 Å². The van der Waals surface area contributed by atoms with E-state index >= 15 is 0 Å². The summed E-state index contributed by atoms with van der Waals surface area (Å²) in [6.07, 6.45) is 1.56. The predicted molar refractivity (Wildman–Crippen MR) is 124 cm³/mol. The molecule has 0 radical (unpaired) electrons. The second-order valence-corrected chi connectivity index (χ2v) is 10.2. The van der Waals surface area contributed by atoms with E-state index < -0.39 is 22.2 Å². The van der Waals surface area contributed by atoms with Crippen molar-refractivity contribution in [1.82, 2.24) is 14.9 Å². The van der Waals surface area contributed by atoms with Crippen molar-refractivity contribution in [2.75, 3.05) is 32.8 Å². The van der Waals surface area contributed by atoms with Crippen molar-refractivity contribution in [3.63, 3.8) is 0 Å². The van der Waals surface area contributed by atoms with Gasteiger partial charge in [-0.15, -0.1) is 0 Å². The van der Waals surface area contributed by atoms with E-state index in [1.165, 1.54) is 4.31 Å². The molecule has 0 bridgehead atoms. The van der Waals surface area contributed by atoms with E-state index in [1.807, 2.05) is 24.3 Å². The Bertz CT molecular complexity index is 1100. The minimum atomic E-state index is -3.39. The molecule has 2 heterocycles. The van der Waals surface area contributed by atoms with Gasteiger partial charge in [-0.1, -0.05) is 36.4 Å². The van der Waals surface area contributed by atoms with E-state index in [4.69, 9.17) is 4.74 Å². The Morgan fingerprint density at radius 1 is 1.12 bits per heavy atom. The SMILES string of the molecule is N#C[C@H](Cc1ccc(-c2ccc(S(=O)(=O)N3CCC3)cc2)cc1)NC(=O)[C@@H]1CNCCCO1. The average Bonchev–Trinajstić information content (AvgIpc) is 3.07. The Kier molecular flexibility index (Phi) is 7.40. The number of nitrogens with one attached hydrogen (secondary N) is 2. The van der Waals surface area contributed by atoms with Crippen LogP contribution in [-0.2, 0) is 26.0 Å². The number of hydrogen-bond acceptors (Lipinski definition) is 6. The summed E-state index contributed by atoms with van der Waals surface area (Å²) in [4.78, 5) is 12.7. The Hall–Kier alpha value is -2.77. The molecule has 2 saturated heterocycles. The number of rotatable bonds is 7. The van der Waals surface area contributed by atoms with Crippen LogP contribution < -0.4 is 10.6 Å². The van der Waals surface area contributed by atoms with Gasteiger partial charge in [-0.25, -0.2) is 8.42 Å². The van der Waals surface area contributed by atoms with Crippen molar-refractivity contribution in [2.45, 2.75) is 36.3 Å². The van der Waals surface area contributed by atoms with Gasteiger partial charge in [0.25, 0.3) is 5.91 Å². The molecule has 2 aromatic carbocycles. The molecule has 0 aliphatic carbocycles. The molecule has 2 atom stereocenters. The molecule has 2 aromatic rings. The van der Waals surface area contributed by atoms with Gasteiger partial charge in [0.1, 0.15) is 12.1 Å². The van der Waals surface area contributed by atoms with Gasteiger partial charge in [-0.2, -0.15) is 9.57 Å². The molecule has 0 unspecified atom stereocenters. The number of nitriles is 1. The van der Waals surface area contributed by atoms with Crippen molar-refractivity contribution in [3.8, 4) is 17.2 Å². The number of hydrogen-bond donors (Lipinski definition) is 2. The molecular weight excluding hydrogens is 440 g/mol. The molecule has 174 valence electrons. The third-order valence-corrected chi connectivity index (χ3v) is 7.86. The van der Waals surface area contributed by atoms with Gasteiger partial charge >= 0.3 is 0 Å². The van der Waals surface area contributed by atoms with Gasteiger partial charge in [0.2, 0.25) is 10.0 Å². The van der Waals surface area contributed by atoms with Crippen molar-refractivity contribution in [2.24, 2.45) is 0 Å². The number of nitrogens with zero attached hydrogens (tertiary/aromatic N) is 2. The average molecular weight is 469 g/mol. The summed E-state index contributed by atoms with van der Waals surface area (Å²) >= 11 is 0. The van der Waals surface area contributed by atoms with Crippen molar-refractivity contribution < 1.29 is 17.9 Å². The van der Waals surface area contributed by atoms with Crippen LogP contribution in [0.5, 0.6) is 0 Å². The fraction of sp³-hybridized carbons (Fsp3) is 0.417. The van der Waals surface area contributed by atoms with Gasteiger partial charge in [-0.05, 0) is 48.2 Å². The van der Waals surface area contributed by atoms with Gasteiger partial charge in [0.15, 0.2) is 0 Å². The maximum atomic E-state index is 12.5. The lowest BCUT2D eigenvalue weighted by Gasteiger charge is -2.29. The van der Waals surface area contributed by atoms with Crippen molar-refractivity contribution in [3.05, 3.63) is 54.1 Å². The van der Waals surface area contributed by atoms with Crippen LogP contribution >= 0.6 is 0 Å². The summed E-state index contributed by atoms with van der Waals surface area (Å²) in [5.74, 6) is -0.277. The smallest absolute Gasteiger partial charge is 0.251 e. The molecule has 2 aliphatic rings. The molecule has 9 heteroatoms. The first-order valence-electron chi connectivity index (χ1n) is 11.2. The lowest BCUT2D eigenvalue weighted by Crippen LogP contribution is -2.46. The largest absolute Gasteiger partial charge is 0.367 e. The van der Waals surface area contributed by atoms with Crippen LogP contribution in [0.2, 0.25) is 0 Å². The fourth-order valence-electron chi connectivity index (χ4n) is 3.84. The van der Waals surface area contributed by atoms with Crippen LogP contribution in [0.1, 0.15) is 18.4 Å². The highest BCUT2D eigenvalue weighted by atomic mass is 32.2. The Morgan fingerprint density at radius 3 is 2.39 bits per heavy atom. The molecule has 0 spiro atoms. The van der Waals surface area contributed by atoms with E-state index in [-0.39, 0.29) is 5.91 Å². The number of carbonyl (C=O) groups is 1. The Labute approximate surface area is 194 Å². The van der Waals surface area contributed by atoms with E-state index in [2.05, 4.69) is 16.7 Å². The number of benzene rings is 2. The van der Waals surface area contributed by atoms with Crippen LogP contribution in [0.25, 0.3) is 11.1 Å². The van der Waals surface area contributed by atoms with Gasteiger partial charge in [0, 0.05) is 32.7 Å². The fourth-order valence-corrected chi connectivity index (χ4v) is 5.36. The number of sulfonamides is 1. The van der Waals surface area contributed by atoms with E-state index in [0.29, 0.717) is 37.6 Å². The minimum Gasteiger partial charge on any atom is -0.367 e. The molecule has 8 nitrogen and oxygen atoms in total. The molecule has 0 aromatic heterocycles. The number of carbonyl (C=O) groups excluding carboxylic acids is 1. The van der Waals surface area contributed by atoms with Crippen LogP contribution in [0, 0.1) is 11.3 Å². The summed E-state index contributed by atoms with van der Waals surface area (Å²) in [5, 5.41) is 15.4. The quantitative estimate of drug-likeness (QED) is 0.640. The highest BCUT2D eigenvalue weighted by molar-refractivity contribution is 7.89. The van der Waals surface area contributed by atoms with E-state index in [0.717, 1.165) is 36.1 Å². The normalized spacial score (nSPS) is 20.2. The van der Waals surface area contributed by atoms with E-state index in [9.17, 15) is 18.5 Å². The van der Waals surface area contributed by atoms with Crippen LogP contribution in [0.15, 0.2) is 53.4 Å². The highest BCUT2D eigenvalue weighted by Crippen LogP contribution is 2.25. The first-order valence-corrected chi connectivity index (χ1v) is 12.6. The van der Waals surface area contributed by atoms with Crippen LogP contribution in [-0.4, -0.2) is 63.6 Å². The third kappa shape index (κ3) is 5.60. The standard InChI is InChI=1S/C24H28N4O4S/c25-16-21(27-24(29)23-17-26-11-1-14-32-23)15-18-3-5-19(6-4-18)20-7-9-22(10-8-20)33(30,31)28-12-2-13-28/h3-10,21,23,26H,1-2,11-15,17H2,(H,27,29)/t21-,23-/m0/s1. The van der Waals surface area contributed by atoms with Crippen molar-refractivity contribution in [1.29, 1.82) is 5.26 Å². The van der Waals surface area contributed by atoms with Gasteiger partial charge in [-0.3, -0.25) is 4.79 Å². The maximum Gasteiger partial charge on any atom is 0.251 e. The van der Waals surface area contributed by atoms with Gasteiger partial charge in [0.05, 0.1) is 11.0 Å². The third-order valence-electron chi connectivity index (χ3n) is 5.95. The summed E-state index contributed by atoms with van der Waals surface area (Å²) in [7, 11) is -3.39. The Morgan fingerprint density at radius 2 is 1.79 bits per heavy atom. The first-order chi connectivity index (χ1) is 16.0. The molecule has 33 heavy (non-hydrogen) atoms. The summed E-state index contributed by atoms with van der Waals surface area (Å²) < 4.78 is 32.0. The predicted octanol–water partition coefficient (Wildman–Crippen LogP) is 1.68. The highest BCUT2D eigenvalue weighted by Gasteiger charge is 2.29. The number of amides is 1. The van der Waals surface area contributed by atoms with Gasteiger partial charge < -0.3 is 15.4 Å². The lowest BCUT2D eigenvalue weighted by atomic mass is 10.0. The molecule has 2 fully saturated rings. The zero-order valence-electron chi connectivity index (χ0n) is 18.4. The van der Waals surface area contributed by atoms with Crippen LogP contribution in [0.3, 0.4) is 0 Å². The molecule has 0 saturated carbocycles. The zero-order valence-corrected chi connectivity index (χ0v) is 19.2. The second kappa shape index (κ2) is 10.4. The summed E-state index contributed by atoms with van der Waals surface area (Å²) in [6, 6.07) is 16.1. The monoisotopic (exact) mass is 468 g/mol. The summed E-state index contributed by atoms with van der Waals surface area (Å²) in [6.45, 7) is 2.95. The summed E-state index contributed by atoms with van der Waals surface area (Å²) in [5.41, 5.74) is 2.77. The lowest BCUT2D eigenvalue weighted by molar-refractivity contribution is -0.132. The minimum absolute atomic E-state index is 0.277. The molecule has 4 rings (SSSR count). The molecule has 2 N–H and O–H groups in total. The zero-order chi connectivity index (χ0) is 23.3. The van der Waals surface area contributed by atoms with Crippen molar-refractivity contribution >= 4 is 15.9 Å². The molecule has 2 aliphatic heterocycles. The maximum absolute atomic E-state index is 12.5. The first kappa shape index (κ1) is 23.4. The Balaban J connectivity index is 1.37. The molecular formula is C24H28N4O4S. The second-order valence-electron chi connectivity index (χ2n) is 8.29. The number of ether oxygens (including phenoxy) is 1.